The maximum atomic E-state index is 14.8. The van der Waals surface area contributed by atoms with Crippen LogP contribution in [-0.4, -0.2) is 43.7 Å². The molecule has 2 aliphatic heterocycles. The average Bonchev–Trinajstić information content (AvgIpc) is 3.46. The molecule has 1 spiro atoms. The van der Waals surface area contributed by atoms with Crippen LogP contribution in [0.1, 0.15) is 48.1 Å². The summed E-state index contributed by atoms with van der Waals surface area (Å²) in [6, 6.07) is 25.1. The fraction of sp³-hybridized carbons (Fsp3) is 0.171. The zero-order valence-electron chi connectivity index (χ0n) is 22.9. The molecule has 0 aromatic heterocycles. The zero-order valence-corrected chi connectivity index (χ0v) is 23.7. The van der Waals surface area contributed by atoms with E-state index in [1.54, 1.807) is 68.8 Å². The zero-order chi connectivity index (χ0) is 29.2. The lowest BCUT2D eigenvalue weighted by Crippen LogP contribution is -2.48. The van der Waals surface area contributed by atoms with Crippen LogP contribution in [0.3, 0.4) is 0 Å². The summed E-state index contributed by atoms with van der Waals surface area (Å²) in [4.78, 5) is 46.2. The average molecular weight is 576 g/mol. The molecule has 0 saturated carbocycles. The molecule has 7 heteroatoms. The molecule has 4 aromatic carbocycles. The number of carbonyl (C=O) groups excluding carboxylic acids is 3. The fourth-order valence-electron chi connectivity index (χ4n) is 7.10. The predicted octanol–water partition coefficient (Wildman–Crippen LogP) is 6.67. The highest BCUT2D eigenvalue weighted by Gasteiger charge is 2.71. The molecule has 0 unspecified atom stereocenters. The fourth-order valence-corrected chi connectivity index (χ4v) is 7.28. The number of fused-ring (bicyclic) bond motifs is 5. The van der Waals surface area contributed by atoms with E-state index in [2.05, 4.69) is 0 Å². The number of halogens is 1. The van der Waals surface area contributed by atoms with Gasteiger partial charge in [0.2, 0.25) is 0 Å². The van der Waals surface area contributed by atoms with Crippen molar-refractivity contribution in [1.29, 1.82) is 0 Å². The highest BCUT2D eigenvalue weighted by Crippen LogP contribution is 2.61. The minimum Gasteiger partial charge on any atom is -0.497 e. The number of hydrogen-bond donors (Lipinski definition) is 0. The summed E-state index contributed by atoms with van der Waals surface area (Å²) in [7, 11) is 3.11. The molecule has 0 radical (unpaired) electrons. The van der Waals surface area contributed by atoms with Gasteiger partial charge in [-0.2, -0.15) is 0 Å². The second-order valence-corrected chi connectivity index (χ2v) is 11.2. The van der Waals surface area contributed by atoms with Gasteiger partial charge in [-0.25, -0.2) is 0 Å². The van der Waals surface area contributed by atoms with Crippen molar-refractivity contribution in [3.8, 4) is 11.5 Å². The summed E-state index contributed by atoms with van der Waals surface area (Å²) in [5.41, 5.74) is 1.78. The Morgan fingerprint density at radius 3 is 2.17 bits per heavy atom. The first-order valence-corrected chi connectivity index (χ1v) is 14.0. The van der Waals surface area contributed by atoms with Gasteiger partial charge in [0.25, 0.3) is 0 Å². The second-order valence-electron chi connectivity index (χ2n) is 10.8. The number of benzene rings is 4. The van der Waals surface area contributed by atoms with E-state index >= 15 is 0 Å². The van der Waals surface area contributed by atoms with E-state index < -0.39 is 23.4 Å². The molecule has 208 valence electrons. The van der Waals surface area contributed by atoms with E-state index in [1.807, 2.05) is 53.5 Å². The molecule has 42 heavy (non-hydrogen) atoms. The van der Waals surface area contributed by atoms with Crippen LogP contribution < -0.4 is 14.4 Å². The molecular formula is C35H26ClNO5. The monoisotopic (exact) mass is 575 g/mol. The van der Waals surface area contributed by atoms with Crippen LogP contribution in [0.25, 0.3) is 6.08 Å². The molecule has 0 N–H and O–H groups in total. The number of carbonyl (C=O) groups is 3. The van der Waals surface area contributed by atoms with Crippen LogP contribution in [0, 0.1) is 5.41 Å². The summed E-state index contributed by atoms with van der Waals surface area (Å²) >= 11 is 6.38. The Bertz CT molecular complexity index is 1790. The molecule has 6 nitrogen and oxygen atoms in total. The van der Waals surface area contributed by atoms with Crippen molar-refractivity contribution in [3.05, 3.63) is 130 Å². The molecule has 4 aromatic rings. The van der Waals surface area contributed by atoms with E-state index in [-0.39, 0.29) is 17.3 Å². The molecular weight excluding hydrogens is 550 g/mol. The number of methoxy groups -OCH3 is 2. The third-order valence-corrected chi connectivity index (χ3v) is 9.08. The first kappa shape index (κ1) is 26.2. The largest absolute Gasteiger partial charge is 0.497 e. The maximum Gasteiger partial charge on any atom is 0.186 e. The van der Waals surface area contributed by atoms with Crippen molar-refractivity contribution >= 4 is 40.7 Å². The highest BCUT2D eigenvalue weighted by molar-refractivity contribution is 6.32. The van der Waals surface area contributed by atoms with E-state index in [0.29, 0.717) is 38.8 Å². The highest BCUT2D eigenvalue weighted by atomic mass is 35.5. The van der Waals surface area contributed by atoms with Crippen molar-refractivity contribution in [1.82, 2.24) is 0 Å². The second kappa shape index (κ2) is 9.71. The van der Waals surface area contributed by atoms with Crippen molar-refractivity contribution in [2.45, 2.75) is 18.0 Å². The van der Waals surface area contributed by atoms with Crippen LogP contribution in [-0.2, 0) is 0 Å². The van der Waals surface area contributed by atoms with E-state index in [4.69, 9.17) is 21.1 Å². The third-order valence-electron chi connectivity index (χ3n) is 8.84. The molecule has 0 amide bonds. The number of nitrogens with zero attached hydrogens (tertiary/aromatic N) is 1. The van der Waals surface area contributed by atoms with Crippen molar-refractivity contribution in [2.75, 3.05) is 19.1 Å². The molecule has 1 fully saturated rings. The van der Waals surface area contributed by atoms with Crippen LogP contribution in [0.15, 0.2) is 97.1 Å². The Hall–Kier alpha value is -4.68. The number of rotatable bonds is 5. The third kappa shape index (κ3) is 3.55. The Balaban J connectivity index is 1.55. The lowest BCUT2D eigenvalue weighted by molar-refractivity contribution is 0.0665. The maximum absolute atomic E-state index is 14.8. The summed E-state index contributed by atoms with van der Waals surface area (Å²) in [6.07, 6.45) is 3.78. The first-order valence-electron chi connectivity index (χ1n) is 13.7. The van der Waals surface area contributed by atoms with Gasteiger partial charge >= 0.3 is 0 Å². The topological polar surface area (TPSA) is 72.9 Å². The smallest absolute Gasteiger partial charge is 0.186 e. The van der Waals surface area contributed by atoms with Gasteiger partial charge in [0, 0.05) is 33.3 Å². The van der Waals surface area contributed by atoms with E-state index in [9.17, 15) is 14.4 Å². The van der Waals surface area contributed by atoms with Crippen molar-refractivity contribution in [3.63, 3.8) is 0 Å². The van der Waals surface area contributed by atoms with Gasteiger partial charge in [0.1, 0.15) is 23.0 Å². The quantitative estimate of drug-likeness (QED) is 0.195. The van der Waals surface area contributed by atoms with Gasteiger partial charge in [-0.15, -0.1) is 0 Å². The van der Waals surface area contributed by atoms with Gasteiger partial charge in [-0.3, -0.25) is 14.4 Å². The van der Waals surface area contributed by atoms with E-state index in [1.165, 1.54) is 0 Å². The minimum absolute atomic E-state index is 0.226. The minimum atomic E-state index is -1.59. The predicted molar refractivity (Wildman–Crippen MR) is 161 cm³/mol. The van der Waals surface area contributed by atoms with E-state index in [0.717, 1.165) is 11.3 Å². The molecule has 0 bridgehead atoms. The molecule has 1 aliphatic carbocycles. The summed E-state index contributed by atoms with van der Waals surface area (Å²) in [5.74, 6) is -0.526. The summed E-state index contributed by atoms with van der Waals surface area (Å²) in [5, 5.41) is 0.547. The van der Waals surface area contributed by atoms with Crippen molar-refractivity contribution in [2.24, 2.45) is 5.41 Å². The molecule has 7 rings (SSSR count). The van der Waals surface area contributed by atoms with Crippen molar-refractivity contribution < 1.29 is 23.9 Å². The lowest BCUT2D eigenvalue weighted by Gasteiger charge is -2.37. The molecule has 3 atom stereocenters. The normalized spacial score (nSPS) is 21.2. The summed E-state index contributed by atoms with van der Waals surface area (Å²) in [6.45, 7) is 0. The van der Waals surface area contributed by atoms with Gasteiger partial charge in [-0.05, 0) is 53.6 Å². The van der Waals surface area contributed by atoms with Crippen LogP contribution in [0.2, 0.25) is 5.02 Å². The SMILES string of the molecule is COc1cccc(C(=O)[C@@H]2[C@H](c3cccc(OC)c3)C3(C(=O)c4ccccc4C3=O)[C@H]3C=Cc4cc(Cl)ccc4N23)c1. The Morgan fingerprint density at radius 2 is 1.48 bits per heavy atom. The van der Waals surface area contributed by atoms with Gasteiger partial charge in [-0.1, -0.05) is 72.3 Å². The molecule has 3 aliphatic rings. The lowest BCUT2D eigenvalue weighted by atomic mass is 9.64. The van der Waals surface area contributed by atoms with Crippen LogP contribution >= 0.6 is 11.6 Å². The van der Waals surface area contributed by atoms with Crippen LogP contribution in [0.5, 0.6) is 11.5 Å². The molecule has 2 heterocycles. The van der Waals surface area contributed by atoms with Gasteiger partial charge in [0.05, 0.1) is 20.3 Å². The van der Waals surface area contributed by atoms with Gasteiger partial charge in [0.15, 0.2) is 17.3 Å². The Morgan fingerprint density at radius 1 is 0.810 bits per heavy atom. The number of Topliss-reactive ketones (excluding diaryl/α,β-unsaturated/α-hetero) is 3. The van der Waals surface area contributed by atoms with Crippen LogP contribution in [0.4, 0.5) is 5.69 Å². The molecule has 1 saturated heterocycles. The Labute approximate surface area is 248 Å². The Kier molecular flexibility index (Phi) is 6.06. The number of ether oxygens (including phenoxy) is 2. The number of hydrogen-bond acceptors (Lipinski definition) is 6. The van der Waals surface area contributed by atoms with Gasteiger partial charge < -0.3 is 14.4 Å². The first-order chi connectivity index (χ1) is 20.4. The summed E-state index contributed by atoms with van der Waals surface area (Å²) < 4.78 is 11.0. The number of anilines is 1. The number of ketones is 3. The standard InChI is InChI=1S/C35H26ClNO5/c1-41-24-9-5-7-21(18-24)30-31(32(38)22-8-6-10-25(19-22)42-2)37-28-15-14-23(36)17-20(28)13-16-29(37)35(30)33(39)26-11-3-4-12-27(26)34(35)40/h3-19,29-31H,1-2H3/t29-,30+,31+/m1/s1.